The van der Waals surface area contributed by atoms with Crippen molar-refractivity contribution >= 4 is 22.6 Å². The molecule has 0 aliphatic heterocycles. The molecular formula is C12H11F2I. The molecule has 0 atom stereocenters. The second kappa shape index (κ2) is 2.93. The molecule has 3 aliphatic rings. The minimum absolute atomic E-state index is 0.105. The zero-order valence-electron chi connectivity index (χ0n) is 8.14. The minimum atomic E-state index is -2.33. The smallest absolute Gasteiger partial charge is 0.205 e. The maximum absolute atomic E-state index is 12.8. The van der Waals surface area contributed by atoms with Crippen LogP contribution in [-0.2, 0) is 5.41 Å². The van der Waals surface area contributed by atoms with Crippen LogP contribution < -0.4 is 0 Å². The third-order valence-corrected chi connectivity index (χ3v) is 4.88. The Labute approximate surface area is 101 Å². The summed E-state index contributed by atoms with van der Waals surface area (Å²) in [5.74, 6) is 0. The molecule has 1 aromatic carbocycles. The average molecular weight is 320 g/mol. The van der Waals surface area contributed by atoms with E-state index >= 15 is 0 Å². The van der Waals surface area contributed by atoms with Crippen molar-refractivity contribution in [1.29, 1.82) is 0 Å². The van der Waals surface area contributed by atoms with Gasteiger partial charge < -0.3 is 0 Å². The highest BCUT2D eigenvalue weighted by atomic mass is 127. The molecule has 2 bridgehead atoms. The largest absolute Gasteiger partial charge is 0.264 e. The minimum Gasteiger partial charge on any atom is -0.205 e. The average Bonchev–Trinajstić information content (AvgIpc) is 2.11. The molecule has 15 heavy (non-hydrogen) atoms. The zero-order valence-corrected chi connectivity index (χ0v) is 10.3. The van der Waals surface area contributed by atoms with Gasteiger partial charge in [0, 0.05) is 8.99 Å². The summed E-state index contributed by atoms with van der Waals surface area (Å²) in [4.78, 5) is 0. The van der Waals surface area contributed by atoms with Gasteiger partial charge in [-0.3, -0.25) is 0 Å². The molecule has 0 heterocycles. The molecule has 0 saturated heterocycles. The van der Waals surface area contributed by atoms with Crippen LogP contribution in [0.15, 0.2) is 24.3 Å². The Kier molecular flexibility index (Phi) is 1.95. The lowest BCUT2D eigenvalue weighted by molar-refractivity contribution is 0.0176. The number of halogens is 3. The summed E-state index contributed by atoms with van der Waals surface area (Å²) in [7, 11) is 0. The second-order valence-electron chi connectivity index (χ2n) is 4.85. The van der Waals surface area contributed by atoms with Crippen LogP contribution in [0.25, 0.3) is 0 Å². The third kappa shape index (κ3) is 1.28. The summed E-state index contributed by atoms with van der Waals surface area (Å²) >= 11 is 2.47. The third-order valence-electron chi connectivity index (χ3n) is 3.73. The van der Waals surface area contributed by atoms with E-state index in [4.69, 9.17) is 0 Å². The summed E-state index contributed by atoms with van der Waals surface area (Å²) in [6.45, 7) is 0. The van der Waals surface area contributed by atoms with E-state index in [9.17, 15) is 8.78 Å². The van der Waals surface area contributed by atoms with E-state index in [0.29, 0.717) is 3.42 Å². The summed E-state index contributed by atoms with van der Waals surface area (Å²) in [5.41, 5.74) is 1.25. The van der Waals surface area contributed by atoms with Gasteiger partial charge in [-0.1, -0.05) is 46.9 Å². The van der Waals surface area contributed by atoms with Gasteiger partial charge in [0.25, 0.3) is 6.43 Å². The Morgan fingerprint density at radius 2 is 1.73 bits per heavy atom. The molecule has 3 saturated carbocycles. The molecule has 0 N–H and O–H groups in total. The molecule has 4 rings (SSSR count). The first kappa shape index (κ1) is 10.00. The van der Waals surface area contributed by atoms with Crippen molar-refractivity contribution in [3.8, 4) is 0 Å². The van der Waals surface area contributed by atoms with Gasteiger partial charge in [0.1, 0.15) is 0 Å². The Morgan fingerprint density at radius 1 is 1.13 bits per heavy atom. The number of alkyl halides is 3. The van der Waals surface area contributed by atoms with Gasteiger partial charge in [0.05, 0.1) is 0 Å². The van der Waals surface area contributed by atoms with E-state index in [0.717, 1.165) is 24.8 Å². The van der Waals surface area contributed by atoms with Crippen molar-refractivity contribution in [2.24, 2.45) is 0 Å². The first-order chi connectivity index (χ1) is 7.05. The molecular weight excluding hydrogens is 309 g/mol. The van der Waals surface area contributed by atoms with Gasteiger partial charge in [-0.25, -0.2) is 8.78 Å². The maximum atomic E-state index is 12.8. The number of rotatable bonds is 2. The summed E-state index contributed by atoms with van der Waals surface area (Å²) in [6, 6.07) is 7.04. The maximum Gasteiger partial charge on any atom is 0.264 e. The van der Waals surface area contributed by atoms with Crippen LogP contribution in [0.4, 0.5) is 8.78 Å². The molecule has 3 heteroatoms. The van der Waals surface area contributed by atoms with E-state index in [1.165, 1.54) is 0 Å². The van der Waals surface area contributed by atoms with Crippen molar-refractivity contribution < 1.29 is 8.78 Å². The molecule has 80 valence electrons. The highest BCUT2D eigenvalue weighted by Gasteiger charge is 2.67. The van der Waals surface area contributed by atoms with E-state index in [2.05, 4.69) is 22.6 Å². The molecule has 0 nitrogen and oxygen atoms in total. The molecule has 3 fully saturated rings. The zero-order chi connectivity index (χ0) is 10.7. The Balaban J connectivity index is 1.99. The van der Waals surface area contributed by atoms with E-state index in [-0.39, 0.29) is 11.0 Å². The van der Waals surface area contributed by atoms with Crippen molar-refractivity contribution in [2.45, 2.75) is 34.5 Å². The topological polar surface area (TPSA) is 0 Å². The highest BCUT2D eigenvalue weighted by molar-refractivity contribution is 14.1. The van der Waals surface area contributed by atoms with Crippen LogP contribution in [0, 0.1) is 0 Å². The van der Waals surface area contributed by atoms with Crippen LogP contribution >= 0.6 is 22.6 Å². The lowest BCUT2D eigenvalue weighted by atomic mass is 9.41. The Morgan fingerprint density at radius 3 is 2.27 bits per heavy atom. The normalized spacial score (nSPS) is 37.3. The number of hydrogen-bond donors (Lipinski definition) is 0. The first-order valence-electron chi connectivity index (χ1n) is 5.11. The van der Waals surface area contributed by atoms with Gasteiger partial charge in [0.15, 0.2) is 0 Å². The van der Waals surface area contributed by atoms with Crippen molar-refractivity contribution in [3.05, 3.63) is 35.4 Å². The molecule has 0 radical (unpaired) electrons. The SMILES string of the molecule is FC(F)c1ccccc1C12CC(I)(C1)C2. The summed E-state index contributed by atoms with van der Waals surface area (Å²) in [5, 5.41) is 0. The standard InChI is InChI=1S/C12H11F2I/c13-10(14)8-3-1-2-4-9(8)11-5-12(15,6-11)7-11/h1-4,10H,5-7H2. The highest BCUT2D eigenvalue weighted by Crippen LogP contribution is 2.72. The van der Waals surface area contributed by atoms with Gasteiger partial charge >= 0.3 is 0 Å². The molecule has 1 aromatic rings. The van der Waals surface area contributed by atoms with Crippen molar-refractivity contribution in [3.63, 3.8) is 0 Å². The monoisotopic (exact) mass is 320 g/mol. The summed E-state index contributed by atoms with van der Waals surface area (Å²) in [6.07, 6.45) is 0.930. The number of benzene rings is 1. The van der Waals surface area contributed by atoms with Crippen LogP contribution in [0.3, 0.4) is 0 Å². The predicted octanol–water partition coefficient (Wildman–Crippen LogP) is 4.23. The van der Waals surface area contributed by atoms with Crippen molar-refractivity contribution in [1.82, 2.24) is 0 Å². The van der Waals surface area contributed by atoms with Crippen LogP contribution in [0.1, 0.15) is 36.8 Å². The Hall–Kier alpha value is -0.190. The van der Waals surface area contributed by atoms with Crippen LogP contribution in [-0.4, -0.2) is 3.42 Å². The van der Waals surface area contributed by atoms with E-state index in [1.54, 1.807) is 12.1 Å². The fraction of sp³-hybridized carbons (Fsp3) is 0.500. The van der Waals surface area contributed by atoms with Crippen LogP contribution in [0.5, 0.6) is 0 Å². The van der Waals surface area contributed by atoms with Crippen LogP contribution in [0.2, 0.25) is 0 Å². The van der Waals surface area contributed by atoms with E-state index < -0.39 is 6.43 Å². The molecule has 0 spiro atoms. The second-order valence-corrected chi connectivity index (χ2v) is 7.14. The molecule has 3 aliphatic carbocycles. The Bertz CT molecular complexity index is 394. The van der Waals surface area contributed by atoms with Gasteiger partial charge in [0.2, 0.25) is 0 Å². The summed E-state index contributed by atoms with van der Waals surface area (Å²) < 4.78 is 26.1. The quantitative estimate of drug-likeness (QED) is 0.565. The van der Waals surface area contributed by atoms with Crippen molar-refractivity contribution in [2.75, 3.05) is 0 Å². The number of hydrogen-bond acceptors (Lipinski definition) is 0. The fourth-order valence-corrected chi connectivity index (χ4v) is 5.31. The predicted molar refractivity (Wildman–Crippen MR) is 63.7 cm³/mol. The first-order valence-corrected chi connectivity index (χ1v) is 6.19. The lowest BCUT2D eigenvalue weighted by Crippen LogP contribution is -2.66. The lowest BCUT2D eigenvalue weighted by Gasteiger charge is -2.68. The molecule has 0 amide bonds. The molecule has 0 unspecified atom stereocenters. The van der Waals surface area contributed by atoms with E-state index in [1.807, 2.05) is 12.1 Å². The van der Waals surface area contributed by atoms with Gasteiger partial charge in [-0.15, -0.1) is 0 Å². The van der Waals surface area contributed by atoms with Gasteiger partial charge in [-0.05, 0) is 30.2 Å². The van der Waals surface area contributed by atoms with Gasteiger partial charge in [-0.2, -0.15) is 0 Å². The fourth-order valence-electron chi connectivity index (χ4n) is 3.12. The molecule has 0 aromatic heterocycles.